The van der Waals surface area contributed by atoms with Crippen LogP contribution in [0.3, 0.4) is 0 Å². The summed E-state index contributed by atoms with van der Waals surface area (Å²) in [5.41, 5.74) is 0. The van der Waals surface area contributed by atoms with Gasteiger partial charge in [0, 0.05) is 6.42 Å². The maximum absolute atomic E-state index is 10.3. The van der Waals surface area contributed by atoms with E-state index in [4.69, 9.17) is 5.11 Å². The van der Waals surface area contributed by atoms with Crippen LogP contribution in [-0.4, -0.2) is 33.5 Å². The summed E-state index contributed by atoms with van der Waals surface area (Å²) in [6, 6.07) is 0. The van der Waals surface area contributed by atoms with Crippen LogP contribution >= 0.6 is 0 Å². The molecule has 0 aromatic rings. The highest BCUT2D eigenvalue weighted by atomic mass is 16.4. The first kappa shape index (κ1) is 22.1. The van der Waals surface area contributed by atoms with E-state index in [0.29, 0.717) is 12.8 Å². The minimum absolute atomic E-state index is 0.0922. The standard InChI is InChI=1S/C20H30O4/c1-2-18(21)14-11-9-7-5-3-4-6-8-10-12-15-19(22)16-13-17-20(23)24/h3-4,7-12,14-15,18-19,21-22H,2,5-6,13,16-17H2,1H3,(H,23,24)/b4-3+,9-7+,10-8+,14-11+,15-12+. The summed E-state index contributed by atoms with van der Waals surface area (Å²) in [6.07, 6.45) is 21.5. The Kier molecular flexibility index (Phi) is 14.7. The molecule has 3 N–H and O–H groups in total. The molecule has 0 aliphatic heterocycles. The second-order valence-electron chi connectivity index (χ2n) is 5.40. The Morgan fingerprint density at radius 3 is 1.92 bits per heavy atom. The van der Waals surface area contributed by atoms with Crippen molar-refractivity contribution in [3.8, 4) is 0 Å². The molecule has 0 radical (unpaired) electrons. The Hall–Kier alpha value is -1.91. The molecule has 4 heteroatoms. The number of aliphatic hydroxyl groups is 2. The lowest BCUT2D eigenvalue weighted by Gasteiger charge is -2.02. The van der Waals surface area contributed by atoms with E-state index in [9.17, 15) is 15.0 Å². The molecule has 0 saturated heterocycles. The number of hydrogen-bond donors (Lipinski definition) is 3. The van der Waals surface area contributed by atoms with E-state index in [2.05, 4.69) is 12.2 Å². The van der Waals surface area contributed by atoms with Gasteiger partial charge < -0.3 is 15.3 Å². The fourth-order valence-corrected chi connectivity index (χ4v) is 1.74. The smallest absolute Gasteiger partial charge is 0.303 e. The SMILES string of the molecule is CCC(O)/C=C/C=C/C/C=C/C/C=C/C=C/C(O)CCCC(=O)O. The van der Waals surface area contributed by atoms with Gasteiger partial charge in [-0.05, 0) is 32.1 Å². The Balaban J connectivity index is 3.73. The van der Waals surface area contributed by atoms with Crippen molar-refractivity contribution >= 4 is 5.97 Å². The highest BCUT2D eigenvalue weighted by Gasteiger charge is 2.01. The molecule has 0 aromatic carbocycles. The van der Waals surface area contributed by atoms with Crippen LogP contribution in [0.1, 0.15) is 45.4 Å². The normalized spacial score (nSPS) is 15.5. The lowest BCUT2D eigenvalue weighted by Crippen LogP contribution is -2.03. The summed E-state index contributed by atoms with van der Waals surface area (Å²) in [4.78, 5) is 10.3. The number of aliphatic hydroxyl groups excluding tert-OH is 2. The predicted octanol–water partition coefficient (Wildman–Crippen LogP) is 3.93. The van der Waals surface area contributed by atoms with Crippen molar-refractivity contribution in [3.05, 3.63) is 60.8 Å². The highest BCUT2D eigenvalue weighted by Crippen LogP contribution is 2.02. The number of allylic oxidation sites excluding steroid dienone is 8. The second-order valence-corrected chi connectivity index (χ2v) is 5.40. The first-order valence-electron chi connectivity index (χ1n) is 8.45. The molecule has 0 heterocycles. The number of carboxylic acid groups (broad SMARTS) is 1. The highest BCUT2D eigenvalue weighted by molar-refractivity contribution is 5.66. The summed E-state index contributed by atoms with van der Waals surface area (Å²) in [5, 5.41) is 27.4. The minimum atomic E-state index is -0.831. The van der Waals surface area contributed by atoms with E-state index in [1.165, 1.54) is 0 Å². The van der Waals surface area contributed by atoms with Gasteiger partial charge in [0.15, 0.2) is 0 Å². The molecule has 0 amide bonds. The molecule has 0 aliphatic carbocycles. The van der Waals surface area contributed by atoms with E-state index in [-0.39, 0.29) is 12.5 Å². The zero-order chi connectivity index (χ0) is 18.0. The van der Waals surface area contributed by atoms with Crippen LogP contribution < -0.4 is 0 Å². The third kappa shape index (κ3) is 16.5. The van der Waals surface area contributed by atoms with Gasteiger partial charge in [-0.25, -0.2) is 0 Å². The van der Waals surface area contributed by atoms with E-state index in [1.54, 1.807) is 18.2 Å². The van der Waals surface area contributed by atoms with Gasteiger partial charge in [-0.2, -0.15) is 0 Å². The van der Waals surface area contributed by atoms with Gasteiger partial charge in [-0.15, -0.1) is 0 Å². The van der Waals surface area contributed by atoms with Crippen molar-refractivity contribution in [2.75, 3.05) is 0 Å². The van der Waals surface area contributed by atoms with Crippen molar-refractivity contribution in [2.24, 2.45) is 0 Å². The van der Waals surface area contributed by atoms with E-state index >= 15 is 0 Å². The van der Waals surface area contributed by atoms with Crippen LogP contribution in [0.25, 0.3) is 0 Å². The van der Waals surface area contributed by atoms with E-state index in [1.807, 2.05) is 37.3 Å². The van der Waals surface area contributed by atoms with Crippen LogP contribution in [0.5, 0.6) is 0 Å². The van der Waals surface area contributed by atoms with Gasteiger partial charge >= 0.3 is 5.97 Å². The number of hydrogen-bond acceptors (Lipinski definition) is 3. The summed E-state index contributed by atoms with van der Waals surface area (Å²) in [6.45, 7) is 1.93. The molecule has 0 aromatic heterocycles. The average Bonchev–Trinajstić information content (AvgIpc) is 2.55. The van der Waals surface area contributed by atoms with Crippen LogP contribution in [-0.2, 0) is 4.79 Å². The Labute approximate surface area is 145 Å². The van der Waals surface area contributed by atoms with Crippen molar-refractivity contribution in [3.63, 3.8) is 0 Å². The van der Waals surface area contributed by atoms with Crippen LogP contribution in [0.4, 0.5) is 0 Å². The predicted molar refractivity (Wildman–Crippen MR) is 98.7 cm³/mol. The first-order valence-corrected chi connectivity index (χ1v) is 8.45. The Morgan fingerprint density at radius 2 is 1.42 bits per heavy atom. The summed E-state index contributed by atoms with van der Waals surface area (Å²) < 4.78 is 0. The summed E-state index contributed by atoms with van der Waals surface area (Å²) in [7, 11) is 0. The first-order chi connectivity index (χ1) is 11.6. The molecule has 0 rings (SSSR count). The van der Waals surface area contributed by atoms with Crippen LogP contribution in [0.15, 0.2) is 60.8 Å². The maximum Gasteiger partial charge on any atom is 0.303 e. The molecule has 24 heavy (non-hydrogen) atoms. The number of carbonyl (C=O) groups is 1. The van der Waals surface area contributed by atoms with Crippen molar-refractivity contribution in [2.45, 2.75) is 57.7 Å². The number of rotatable bonds is 13. The lowest BCUT2D eigenvalue weighted by atomic mass is 10.1. The molecule has 0 bridgehead atoms. The van der Waals surface area contributed by atoms with Gasteiger partial charge in [0.05, 0.1) is 12.2 Å². The average molecular weight is 334 g/mol. The Morgan fingerprint density at radius 1 is 0.875 bits per heavy atom. The molecule has 2 atom stereocenters. The topological polar surface area (TPSA) is 77.8 Å². The van der Waals surface area contributed by atoms with Crippen molar-refractivity contribution in [1.82, 2.24) is 0 Å². The zero-order valence-corrected chi connectivity index (χ0v) is 14.4. The molecule has 0 fully saturated rings. The zero-order valence-electron chi connectivity index (χ0n) is 14.4. The fourth-order valence-electron chi connectivity index (χ4n) is 1.74. The molecule has 4 nitrogen and oxygen atoms in total. The molecular formula is C20H30O4. The molecule has 0 saturated carbocycles. The second kappa shape index (κ2) is 16.0. The largest absolute Gasteiger partial charge is 0.481 e. The molecule has 134 valence electrons. The maximum atomic E-state index is 10.3. The van der Waals surface area contributed by atoms with Crippen molar-refractivity contribution < 1.29 is 20.1 Å². The van der Waals surface area contributed by atoms with Gasteiger partial charge in [0.2, 0.25) is 0 Å². The lowest BCUT2D eigenvalue weighted by molar-refractivity contribution is -0.137. The monoisotopic (exact) mass is 334 g/mol. The van der Waals surface area contributed by atoms with Crippen LogP contribution in [0, 0.1) is 0 Å². The van der Waals surface area contributed by atoms with E-state index < -0.39 is 12.1 Å². The molecule has 2 unspecified atom stereocenters. The van der Waals surface area contributed by atoms with Crippen molar-refractivity contribution in [1.29, 1.82) is 0 Å². The minimum Gasteiger partial charge on any atom is -0.481 e. The van der Waals surface area contributed by atoms with Gasteiger partial charge in [0.25, 0.3) is 0 Å². The summed E-state index contributed by atoms with van der Waals surface area (Å²) in [5.74, 6) is -0.831. The van der Waals surface area contributed by atoms with Gasteiger partial charge in [-0.3, -0.25) is 4.79 Å². The fraction of sp³-hybridized carbons (Fsp3) is 0.450. The quantitative estimate of drug-likeness (QED) is 0.352. The third-order valence-corrected chi connectivity index (χ3v) is 3.18. The molecule has 0 aliphatic rings. The summed E-state index contributed by atoms with van der Waals surface area (Å²) >= 11 is 0. The van der Waals surface area contributed by atoms with Gasteiger partial charge in [-0.1, -0.05) is 67.7 Å². The number of aliphatic carboxylic acids is 1. The third-order valence-electron chi connectivity index (χ3n) is 3.18. The van der Waals surface area contributed by atoms with E-state index in [0.717, 1.165) is 19.3 Å². The molecule has 0 spiro atoms. The molecular weight excluding hydrogens is 304 g/mol. The Bertz CT molecular complexity index is 458. The van der Waals surface area contributed by atoms with Crippen LogP contribution in [0.2, 0.25) is 0 Å². The number of carboxylic acids is 1. The van der Waals surface area contributed by atoms with Gasteiger partial charge in [0.1, 0.15) is 0 Å².